The Bertz CT molecular complexity index is 536. The molecule has 122 valence electrons. The van der Waals surface area contributed by atoms with Gasteiger partial charge in [-0.1, -0.05) is 20.3 Å². The van der Waals surface area contributed by atoms with Crippen molar-refractivity contribution in [2.75, 3.05) is 13.1 Å². The minimum atomic E-state index is -0.183. The van der Waals surface area contributed by atoms with Crippen molar-refractivity contribution in [3.63, 3.8) is 0 Å². The highest BCUT2D eigenvalue weighted by atomic mass is 16.2. The van der Waals surface area contributed by atoms with Crippen LogP contribution in [0.3, 0.4) is 0 Å². The quantitative estimate of drug-likeness (QED) is 0.755. The van der Waals surface area contributed by atoms with Crippen molar-refractivity contribution in [3.05, 3.63) is 17.2 Å². The van der Waals surface area contributed by atoms with Gasteiger partial charge in [0.1, 0.15) is 5.69 Å². The van der Waals surface area contributed by atoms with E-state index in [2.05, 4.69) is 22.5 Å². The predicted molar refractivity (Wildman–Crippen MR) is 85.0 cm³/mol. The van der Waals surface area contributed by atoms with Crippen LogP contribution in [0, 0.1) is 0 Å². The molecule has 0 saturated heterocycles. The first-order valence-electron chi connectivity index (χ1n) is 8.34. The Hall–Kier alpha value is -1.85. The van der Waals surface area contributed by atoms with Crippen LogP contribution in [0.5, 0.6) is 0 Å². The first kappa shape index (κ1) is 16.5. The molecule has 0 fully saturated rings. The molecule has 2 rings (SSSR count). The van der Waals surface area contributed by atoms with Gasteiger partial charge < -0.3 is 15.2 Å². The van der Waals surface area contributed by atoms with E-state index in [0.29, 0.717) is 24.6 Å². The molecule has 1 aliphatic heterocycles. The van der Waals surface area contributed by atoms with Gasteiger partial charge in [0.25, 0.3) is 11.8 Å². The van der Waals surface area contributed by atoms with Crippen molar-refractivity contribution in [2.24, 2.45) is 0 Å². The predicted octanol–water partition coefficient (Wildman–Crippen LogP) is 1.89. The third kappa shape index (κ3) is 3.67. The molecule has 1 aliphatic rings. The maximum Gasteiger partial charge on any atom is 0.287 e. The van der Waals surface area contributed by atoms with E-state index in [4.69, 9.17) is 0 Å². The molecule has 2 heterocycles. The second kappa shape index (κ2) is 7.96. The maximum atomic E-state index is 12.3. The van der Waals surface area contributed by atoms with Crippen molar-refractivity contribution >= 4 is 11.8 Å². The van der Waals surface area contributed by atoms with Crippen LogP contribution in [0.25, 0.3) is 0 Å². The standard InChI is InChI=1S/C16H26N4O2/c1-3-5-10-18-15(21)13-12-8-6-7-11-20(12)14(19-13)16(22)17-9-4-2/h3-11H2,1-2H3,(H,17,22)(H,18,21). The Morgan fingerprint density at radius 3 is 2.59 bits per heavy atom. The number of imidazole rings is 1. The third-order valence-electron chi connectivity index (χ3n) is 3.89. The minimum Gasteiger partial charge on any atom is -0.351 e. The van der Waals surface area contributed by atoms with Crippen LogP contribution >= 0.6 is 0 Å². The Morgan fingerprint density at radius 2 is 1.86 bits per heavy atom. The summed E-state index contributed by atoms with van der Waals surface area (Å²) in [5.74, 6) is 0.0371. The summed E-state index contributed by atoms with van der Waals surface area (Å²) in [6.45, 7) is 6.13. The normalized spacial score (nSPS) is 13.5. The molecule has 1 aromatic rings. The lowest BCUT2D eigenvalue weighted by atomic mass is 10.1. The number of carbonyl (C=O) groups excluding carboxylic acids is 2. The number of unbranched alkanes of at least 4 members (excludes halogenated alkanes) is 1. The van der Waals surface area contributed by atoms with Crippen molar-refractivity contribution in [1.29, 1.82) is 0 Å². The second-order valence-electron chi connectivity index (χ2n) is 5.70. The van der Waals surface area contributed by atoms with E-state index in [1.165, 1.54) is 0 Å². The molecule has 0 aromatic carbocycles. The zero-order chi connectivity index (χ0) is 15.9. The number of nitrogens with zero attached hydrogens (tertiary/aromatic N) is 2. The average molecular weight is 306 g/mol. The molecule has 0 spiro atoms. The molecule has 0 unspecified atom stereocenters. The van der Waals surface area contributed by atoms with Gasteiger partial charge in [-0.3, -0.25) is 9.59 Å². The van der Waals surface area contributed by atoms with Gasteiger partial charge in [-0.25, -0.2) is 4.98 Å². The topological polar surface area (TPSA) is 76.0 Å². The fraction of sp³-hybridized carbons (Fsp3) is 0.688. The minimum absolute atomic E-state index is 0.159. The molecule has 6 nitrogen and oxygen atoms in total. The molecule has 0 saturated carbocycles. The van der Waals surface area contributed by atoms with Crippen LogP contribution in [0.2, 0.25) is 0 Å². The molecule has 0 radical (unpaired) electrons. The summed E-state index contributed by atoms with van der Waals surface area (Å²) in [4.78, 5) is 28.9. The molecule has 1 aromatic heterocycles. The van der Waals surface area contributed by atoms with Crippen molar-refractivity contribution in [3.8, 4) is 0 Å². The molecule has 2 N–H and O–H groups in total. The summed E-state index contributed by atoms with van der Waals surface area (Å²) in [5.41, 5.74) is 1.33. The highest BCUT2D eigenvalue weighted by Crippen LogP contribution is 2.21. The SMILES string of the molecule is CCCCNC(=O)c1nc(C(=O)NCCC)n2c1CCCC2. The highest BCUT2D eigenvalue weighted by Gasteiger charge is 2.26. The molecule has 2 amide bonds. The molecule has 0 bridgehead atoms. The van der Waals surface area contributed by atoms with E-state index in [1.807, 2.05) is 11.5 Å². The van der Waals surface area contributed by atoms with E-state index in [1.54, 1.807) is 0 Å². The molecular formula is C16H26N4O2. The van der Waals surface area contributed by atoms with E-state index in [-0.39, 0.29) is 11.8 Å². The Labute approximate surface area is 131 Å². The molecular weight excluding hydrogens is 280 g/mol. The van der Waals surface area contributed by atoms with E-state index >= 15 is 0 Å². The lowest BCUT2D eigenvalue weighted by molar-refractivity contribution is 0.0937. The van der Waals surface area contributed by atoms with Crippen LogP contribution in [-0.2, 0) is 13.0 Å². The summed E-state index contributed by atoms with van der Waals surface area (Å²) < 4.78 is 1.92. The fourth-order valence-electron chi connectivity index (χ4n) is 2.68. The van der Waals surface area contributed by atoms with Crippen molar-refractivity contribution in [1.82, 2.24) is 20.2 Å². The number of rotatable bonds is 7. The number of fused-ring (bicyclic) bond motifs is 1. The zero-order valence-corrected chi connectivity index (χ0v) is 13.6. The lowest BCUT2D eigenvalue weighted by Gasteiger charge is -2.17. The summed E-state index contributed by atoms with van der Waals surface area (Å²) in [7, 11) is 0. The smallest absolute Gasteiger partial charge is 0.287 e. The first-order chi connectivity index (χ1) is 10.7. The van der Waals surface area contributed by atoms with E-state index in [0.717, 1.165) is 50.8 Å². The summed E-state index contributed by atoms with van der Waals surface area (Å²) in [6.07, 6.45) is 5.73. The van der Waals surface area contributed by atoms with Gasteiger partial charge in [-0.2, -0.15) is 0 Å². The van der Waals surface area contributed by atoms with Gasteiger partial charge in [-0.15, -0.1) is 0 Å². The fourth-order valence-corrected chi connectivity index (χ4v) is 2.68. The number of nitrogens with one attached hydrogen (secondary N) is 2. The van der Waals surface area contributed by atoms with Crippen molar-refractivity contribution in [2.45, 2.75) is 58.9 Å². The van der Waals surface area contributed by atoms with E-state index < -0.39 is 0 Å². The largest absolute Gasteiger partial charge is 0.351 e. The highest BCUT2D eigenvalue weighted by molar-refractivity contribution is 5.97. The number of hydrogen-bond donors (Lipinski definition) is 2. The van der Waals surface area contributed by atoms with Crippen LogP contribution in [0.1, 0.15) is 72.8 Å². The summed E-state index contributed by atoms with van der Waals surface area (Å²) in [6, 6.07) is 0. The van der Waals surface area contributed by atoms with E-state index in [9.17, 15) is 9.59 Å². The second-order valence-corrected chi connectivity index (χ2v) is 5.70. The van der Waals surface area contributed by atoms with Crippen LogP contribution < -0.4 is 10.6 Å². The molecule has 6 heteroatoms. The van der Waals surface area contributed by atoms with Crippen LogP contribution in [-0.4, -0.2) is 34.5 Å². The van der Waals surface area contributed by atoms with Gasteiger partial charge >= 0.3 is 0 Å². The number of amides is 2. The van der Waals surface area contributed by atoms with Gasteiger partial charge in [-0.05, 0) is 32.1 Å². The van der Waals surface area contributed by atoms with Crippen LogP contribution in [0.4, 0.5) is 0 Å². The molecule has 0 atom stereocenters. The number of hydrogen-bond acceptors (Lipinski definition) is 3. The third-order valence-corrected chi connectivity index (χ3v) is 3.89. The van der Waals surface area contributed by atoms with Gasteiger partial charge in [0.15, 0.2) is 5.82 Å². The number of carbonyl (C=O) groups is 2. The monoisotopic (exact) mass is 306 g/mol. The first-order valence-corrected chi connectivity index (χ1v) is 8.34. The Kier molecular flexibility index (Phi) is 5.98. The summed E-state index contributed by atoms with van der Waals surface area (Å²) in [5, 5.41) is 5.75. The lowest BCUT2D eigenvalue weighted by Crippen LogP contribution is -2.28. The maximum absolute atomic E-state index is 12.3. The zero-order valence-electron chi connectivity index (χ0n) is 13.6. The van der Waals surface area contributed by atoms with Crippen molar-refractivity contribution < 1.29 is 9.59 Å². The Morgan fingerprint density at radius 1 is 1.09 bits per heavy atom. The average Bonchev–Trinajstić information content (AvgIpc) is 2.92. The van der Waals surface area contributed by atoms with Gasteiger partial charge in [0, 0.05) is 19.6 Å². The van der Waals surface area contributed by atoms with Gasteiger partial charge in [0.05, 0.1) is 5.69 Å². The van der Waals surface area contributed by atoms with Crippen LogP contribution in [0.15, 0.2) is 0 Å². The number of aromatic nitrogens is 2. The Balaban J connectivity index is 2.21. The molecule has 22 heavy (non-hydrogen) atoms. The summed E-state index contributed by atoms with van der Waals surface area (Å²) >= 11 is 0. The van der Waals surface area contributed by atoms with Gasteiger partial charge in [0.2, 0.25) is 0 Å². The molecule has 0 aliphatic carbocycles.